The van der Waals surface area contributed by atoms with Gasteiger partial charge < -0.3 is 11.1 Å². The SMILES string of the molecule is CCCCC(N)C(=O)Nc1cccnc1-n1cncn1. The maximum Gasteiger partial charge on any atom is 0.241 e. The molecule has 1 amide bonds. The molecular formula is C13H18N6O. The number of hydrogen-bond donors (Lipinski definition) is 2. The Bertz CT molecular complexity index is 554. The lowest BCUT2D eigenvalue weighted by Gasteiger charge is -2.13. The Labute approximate surface area is 117 Å². The normalized spacial score (nSPS) is 12.1. The van der Waals surface area contributed by atoms with E-state index < -0.39 is 6.04 Å². The summed E-state index contributed by atoms with van der Waals surface area (Å²) in [5, 5.41) is 6.80. The number of nitrogens with two attached hydrogens (primary N) is 1. The van der Waals surface area contributed by atoms with E-state index in [1.165, 1.54) is 17.3 Å². The molecule has 0 aliphatic heterocycles. The third-order valence-corrected chi connectivity index (χ3v) is 2.89. The number of nitrogens with zero attached hydrogens (tertiary/aromatic N) is 4. The molecule has 3 N–H and O–H groups in total. The molecule has 2 aromatic rings. The van der Waals surface area contributed by atoms with Gasteiger partial charge in [0, 0.05) is 6.20 Å². The van der Waals surface area contributed by atoms with E-state index in [0.717, 1.165) is 12.8 Å². The summed E-state index contributed by atoms with van der Waals surface area (Å²) in [5.74, 6) is 0.300. The lowest BCUT2D eigenvalue weighted by Crippen LogP contribution is -2.35. The minimum Gasteiger partial charge on any atom is -0.322 e. The van der Waals surface area contributed by atoms with Gasteiger partial charge in [-0.1, -0.05) is 19.8 Å². The third kappa shape index (κ3) is 3.39. The highest BCUT2D eigenvalue weighted by molar-refractivity contribution is 5.95. The predicted octanol–water partition coefficient (Wildman–Crippen LogP) is 1.12. The fourth-order valence-electron chi connectivity index (χ4n) is 1.78. The zero-order valence-electron chi connectivity index (χ0n) is 11.4. The van der Waals surface area contributed by atoms with Crippen molar-refractivity contribution >= 4 is 11.6 Å². The molecule has 0 aromatic carbocycles. The van der Waals surface area contributed by atoms with Gasteiger partial charge in [-0.3, -0.25) is 4.79 Å². The summed E-state index contributed by atoms with van der Waals surface area (Å²) >= 11 is 0. The van der Waals surface area contributed by atoms with E-state index in [9.17, 15) is 4.79 Å². The van der Waals surface area contributed by atoms with Crippen LogP contribution in [0.3, 0.4) is 0 Å². The van der Waals surface area contributed by atoms with Crippen LogP contribution in [0.2, 0.25) is 0 Å². The van der Waals surface area contributed by atoms with E-state index >= 15 is 0 Å². The zero-order valence-corrected chi connectivity index (χ0v) is 11.4. The summed E-state index contributed by atoms with van der Waals surface area (Å²) in [6.45, 7) is 2.06. The molecule has 20 heavy (non-hydrogen) atoms. The Morgan fingerprint density at radius 1 is 1.55 bits per heavy atom. The van der Waals surface area contributed by atoms with E-state index in [0.29, 0.717) is 17.9 Å². The van der Waals surface area contributed by atoms with Crippen LogP contribution in [0.15, 0.2) is 31.0 Å². The van der Waals surface area contributed by atoms with Crippen molar-refractivity contribution in [3.63, 3.8) is 0 Å². The molecule has 0 saturated carbocycles. The molecule has 7 heteroatoms. The smallest absolute Gasteiger partial charge is 0.241 e. The van der Waals surface area contributed by atoms with Gasteiger partial charge in [-0.25, -0.2) is 14.6 Å². The van der Waals surface area contributed by atoms with E-state index in [2.05, 4.69) is 27.3 Å². The highest BCUT2D eigenvalue weighted by atomic mass is 16.2. The van der Waals surface area contributed by atoms with Gasteiger partial charge in [0.15, 0.2) is 5.82 Å². The summed E-state index contributed by atoms with van der Waals surface area (Å²) in [5.41, 5.74) is 6.42. The van der Waals surface area contributed by atoms with E-state index in [1.54, 1.807) is 18.3 Å². The first kappa shape index (κ1) is 14.1. The summed E-state index contributed by atoms with van der Waals surface area (Å²) in [7, 11) is 0. The Hall–Kier alpha value is -2.28. The molecule has 1 unspecified atom stereocenters. The van der Waals surface area contributed by atoms with Crippen LogP contribution < -0.4 is 11.1 Å². The van der Waals surface area contributed by atoms with Gasteiger partial charge in [0.2, 0.25) is 5.91 Å². The highest BCUT2D eigenvalue weighted by Gasteiger charge is 2.15. The molecule has 0 spiro atoms. The average molecular weight is 274 g/mol. The second-order valence-electron chi connectivity index (χ2n) is 4.45. The lowest BCUT2D eigenvalue weighted by molar-refractivity contribution is -0.117. The highest BCUT2D eigenvalue weighted by Crippen LogP contribution is 2.16. The van der Waals surface area contributed by atoms with Crippen molar-refractivity contribution in [1.29, 1.82) is 0 Å². The largest absolute Gasteiger partial charge is 0.322 e. The first-order chi connectivity index (χ1) is 9.72. The van der Waals surface area contributed by atoms with Crippen LogP contribution in [0.25, 0.3) is 5.82 Å². The topological polar surface area (TPSA) is 98.7 Å². The number of unbranched alkanes of at least 4 members (excludes halogenated alkanes) is 1. The van der Waals surface area contributed by atoms with Gasteiger partial charge >= 0.3 is 0 Å². The number of amides is 1. The third-order valence-electron chi connectivity index (χ3n) is 2.89. The molecule has 2 rings (SSSR count). The van der Waals surface area contributed by atoms with Crippen LogP contribution >= 0.6 is 0 Å². The number of hydrogen-bond acceptors (Lipinski definition) is 5. The number of aromatic nitrogens is 4. The standard InChI is InChI=1S/C13H18N6O/c1-2-3-5-10(14)13(20)18-11-6-4-7-16-12(11)19-9-15-8-17-19/h4,6-10H,2-3,5,14H2,1H3,(H,18,20). The number of pyridine rings is 1. The summed E-state index contributed by atoms with van der Waals surface area (Å²) in [6.07, 6.45) is 7.17. The molecule has 1 atom stereocenters. The maximum absolute atomic E-state index is 12.0. The quantitative estimate of drug-likeness (QED) is 0.822. The second kappa shape index (κ2) is 6.76. The van der Waals surface area contributed by atoms with Gasteiger partial charge in [-0.05, 0) is 18.6 Å². The van der Waals surface area contributed by atoms with Gasteiger partial charge in [-0.15, -0.1) is 0 Å². The summed E-state index contributed by atoms with van der Waals surface area (Å²) < 4.78 is 1.49. The van der Waals surface area contributed by atoms with E-state index in [-0.39, 0.29) is 5.91 Å². The fraction of sp³-hybridized carbons (Fsp3) is 0.385. The average Bonchev–Trinajstić information content (AvgIpc) is 2.99. The molecule has 2 aromatic heterocycles. The number of carbonyl (C=O) groups is 1. The number of carbonyl (C=O) groups excluding carboxylic acids is 1. The minimum absolute atomic E-state index is 0.215. The molecule has 106 valence electrons. The Balaban J connectivity index is 2.12. The van der Waals surface area contributed by atoms with Gasteiger partial charge in [0.1, 0.15) is 12.7 Å². The van der Waals surface area contributed by atoms with Crippen LogP contribution in [0.4, 0.5) is 5.69 Å². The molecule has 0 fully saturated rings. The van der Waals surface area contributed by atoms with E-state index in [1.807, 2.05) is 0 Å². The first-order valence-electron chi connectivity index (χ1n) is 6.59. The van der Waals surface area contributed by atoms with Gasteiger partial charge in [0.25, 0.3) is 0 Å². The molecule has 0 radical (unpaired) electrons. The van der Waals surface area contributed by atoms with Gasteiger partial charge in [-0.2, -0.15) is 5.10 Å². The molecule has 2 heterocycles. The second-order valence-corrected chi connectivity index (χ2v) is 4.45. The predicted molar refractivity (Wildman–Crippen MR) is 75.3 cm³/mol. The van der Waals surface area contributed by atoms with Crippen LogP contribution in [0, 0.1) is 0 Å². The molecule has 0 saturated heterocycles. The van der Waals surface area contributed by atoms with Gasteiger partial charge in [0.05, 0.1) is 11.7 Å². The van der Waals surface area contributed by atoms with Crippen LogP contribution in [0.1, 0.15) is 26.2 Å². The summed E-state index contributed by atoms with van der Waals surface area (Å²) in [4.78, 5) is 20.1. The monoisotopic (exact) mass is 274 g/mol. The number of anilines is 1. The molecule has 0 bridgehead atoms. The number of rotatable bonds is 6. The van der Waals surface area contributed by atoms with Crippen molar-refractivity contribution in [3.05, 3.63) is 31.0 Å². The Morgan fingerprint density at radius 3 is 3.10 bits per heavy atom. The number of nitrogens with one attached hydrogen (secondary N) is 1. The van der Waals surface area contributed by atoms with Crippen molar-refractivity contribution in [2.24, 2.45) is 5.73 Å². The van der Waals surface area contributed by atoms with Crippen LogP contribution in [-0.2, 0) is 4.79 Å². The van der Waals surface area contributed by atoms with Crippen molar-refractivity contribution < 1.29 is 4.79 Å². The first-order valence-corrected chi connectivity index (χ1v) is 6.59. The summed E-state index contributed by atoms with van der Waals surface area (Å²) in [6, 6.07) is 2.99. The van der Waals surface area contributed by atoms with E-state index in [4.69, 9.17) is 5.73 Å². The molecular weight excluding hydrogens is 256 g/mol. The van der Waals surface area contributed by atoms with Crippen LogP contribution in [-0.4, -0.2) is 31.7 Å². The zero-order chi connectivity index (χ0) is 14.4. The van der Waals surface area contributed by atoms with Crippen LogP contribution in [0.5, 0.6) is 0 Å². The Morgan fingerprint density at radius 2 is 2.40 bits per heavy atom. The fourth-order valence-corrected chi connectivity index (χ4v) is 1.78. The van der Waals surface area contributed by atoms with Crippen molar-refractivity contribution in [2.45, 2.75) is 32.2 Å². The minimum atomic E-state index is -0.515. The van der Waals surface area contributed by atoms with Crippen molar-refractivity contribution in [1.82, 2.24) is 19.7 Å². The lowest BCUT2D eigenvalue weighted by atomic mass is 10.1. The molecule has 0 aliphatic rings. The molecule has 7 nitrogen and oxygen atoms in total. The van der Waals surface area contributed by atoms with Crippen molar-refractivity contribution in [3.8, 4) is 5.82 Å². The maximum atomic E-state index is 12.0. The van der Waals surface area contributed by atoms with Crippen molar-refractivity contribution in [2.75, 3.05) is 5.32 Å². The Kier molecular flexibility index (Phi) is 4.78. The molecule has 0 aliphatic carbocycles.